The molecule has 1 fully saturated rings. The summed E-state index contributed by atoms with van der Waals surface area (Å²) in [5, 5.41) is -0.0936. The highest BCUT2D eigenvalue weighted by Gasteiger charge is 2.35. The lowest BCUT2D eigenvalue weighted by molar-refractivity contribution is -0.114. The molecular formula is C19H19BrN2O3S. The summed E-state index contributed by atoms with van der Waals surface area (Å²) in [6, 6.07) is 14.4. The standard InChI is InChI=1S/C19H19BrN2O3S/c20-14-8-9-15(21)17(11-14)26-18(23)16-7-4-10-22(16)19(24)25-12-13-5-2-1-3-6-13/h1-3,5-6,8-9,11,16H,4,7,10,12,21H2. The second-order valence-electron chi connectivity index (χ2n) is 5.99. The van der Waals surface area contributed by atoms with Crippen molar-refractivity contribution in [3.8, 4) is 0 Å². The van der Waals surface area contributed by atoms with Crippen LogP contribution in [0.4, 0.5) is 10.5 Å². The average Bonchev–Trinajstić information content (AvgIpc) is 3.13. The molecule has 0 bridgehead atoms. The van der Waals surface area contributed by atoms with E-state index in [2.05, 4.69) is 15.9 Å². The fourth-order valence-corrected chi connectivity index (χ4v) is 4.29. The van der Waals surface area contributed by atoms with E-state index in [9.17, 15) is 9.59 Å². The summed E-state index contributed by atoms with van der Waals surface area (Å²) in [6.45, 7) is 0.724. The molecule has 1 unspecified atom stereocenters. The zero-order chi connectivity index (χ0) is 18.5. The van der Waals surface area contributed by atoms with Crippen LogP contribution in [0.1, 0.15) is 18.4 Å². The number of thioether (sulfide) groups is 1. The van der Waals surface area contributed by atoms with Gasteiger partial charge in [-0.3, -0.25) is 9.69 Å². The Bertz CT molecular complexity index is 801. The number of halogens is 1. The molecule has 3 rings (SSSR count). The van der Waals surface area contributed by atoms with Gasteiger partial charge < -0.3 is 10.5 Å². The number of amides is 1. The van der Waals surface area contributed by atoms with Gasteiger partial charge in [-0.05, 0) is 48.4 Å². The van der Waals surface area contributed by atoms with Gasteiger partial charge in [0.15, 0.2) is 0 Å². The van der Waals surface area contributed by atoms with Crippen LogP contribution in [0.5, 0.6) is 0 Å². The first-order chi connectivity index (χ1) is 12.5. The number of carbonyl (C=O) groups is 2. The maximum atomic E-state index is 12.7. The van der Waals surface area contributed by atoms with E-state index < -0.39 is 12.1 Å². The molecule has 0 aromatic heterocycles. The van der Waals surface area contributed by atoms with Gasteiger partial charge in [0.1, 0.15) is 12.6 Å². The molecule has 0 spiro atoms. The predicted octanol–water partition coefficient (Wildman–Crippen LogP) is 4.45. The van der Waals surface area contributed by atoms with Crippen LogP contribution in [-0.4, -0.2) is 28.7 Å². The molecule has 1 aliphatic rings. The number of anilines is 1. The van der Waals surface area contributed by atoms with Gasteiger partial charge in [-0.15, -0.1) is 0 Å². The van der Waals surface area contributed by atoms with E-state index in [1.807, 2.05) is 42.5 Å². The quantitative estimate of drug-likeness (QED) is 0.568. The largest absolute Gasteiger partial charge is 0.445 e. The van der Waals surface area contributed by atoms with Gasteiger partial charge in [-0.25, -0.2) is 4.79 Å². The Labute approximate surface area is 165 Å². The molecule has 1 saturated heterocycles. The van der Waals surface area contributed by atoms with Crippen LogP contribution < -0.4 is 5.73 Å². The van der Waals surface area contributed by atoms with Gasteiger partial charge in [-0.2, -0.15) is 0 Å². The number of hydrogen-bond acceptors (Lipinski definition) is 5. The average molecular weight is 435 g/mol. The summed E-state index contributed by atoms with van der Waals surface area (Å²) in [7, 11) is 0. The zero-order valence-electron chi connectivity index (χ0n) is 14.1. The molecule has 1 heterocycles. The zero-order valence-corrected chi connectivity index (χ0v) is 16.5. The fraction of sp³-hybridized carbons (Fsp3) is 0.263. The molecule has 1 aliphatic heterocycles. The Morgan fingerprint density at radius 1 is 1.23 bits per heavy atom. The smallest absolute Gasteiger partial charge is 0.410 e. The topological polar surface area (TPSA) is 72.6 Å². The second kappa shape index (κ2) is 8.60. The normalized spacial score (nSPS) is 16.5. The lowest BCUT2D eigenvalue weighted by Gasteiger charge is -2.22. The maximum Gasteiger partial charge on any atom is 0.410 e. The van der Waals surface area contributed by atoms with E-state index in [0.29, 0.717) is 23.5 Å². The van der Waals surface area contributed by atoms with Gasteiger partial charge in [0, 0.05) is 21.6 Å². The molecule has 2 aromatic rings. The Kier molecular flexibility index (Phi) is 6.21. The Morgan fingerprint density at radius 3 is 2.77 bits per heavy atom. The predicted molar refractivity (Wildman–Crippen MR) is 106 cm³/mol. The summed E-state index contributed by atoms with van der Waals surface area (Å²) in [6.07, 6.45) is 0.971. The third-order valence-electron chi connectivity index (χ3n) is 4.15. The molecule has 0 aliphatic carbocycles. The maximum absolute atomic E-state index is 12.7. The summed E-state index contributed by atoms with van der Waals surface area (Å²) in [5.74, 6) is 0. The molecule has 5 nitrogen and oxygen atoms in total. The van der Waals surface area contributed by atoms with E-state index in [0.717, 1.165) is 28.2 Å². The summed E-state index contributed by atoms with van der Waals surface area (Å²) < 4.78 is 6.23. The molecule has 136 valence electrons. The minimum absolute atomic E-state index is 0.0936. The van der Waals surface area contributed by atoms with Crippen LogP contribution in [0.2, 0.25) is 0 Å². The van der Waals surface area contributed by atoms with Crippen molar-refractivity contribution in [2.75, 3.05) is 12.3 Å². The number of nitrogens with zero attached hydrogens (tertiary/aromatic N) is 1. The molecule has 26 heavy (non-hydrogen) atoms. The van der Waals surface area contributed by atoms with Crippen molar-refractivity contribution in [2.45, 2.75) is 30.4 Å². The van der Waals surface area contributed by atoms with Crippen molar-refractivity contribution in [3.05, 3.63) is 58.6 Å². The van der Waals surface area contributed by atoms with E-state index in [4.69, 9.17) is 10.5 Å². The first-order valence-electron chi connectivity index (χ1n) is 8.28. The highest BCUT2D eigenvalue weighted by molar-refractivity contribution is 9.10. The van der Waals surface area contributed by atoms with Crippen LogP contribution in [0, 0.1) is 0 Å². The molecule has 1 atom stereocenters. The minimum Gasteiger partial charge on any atom is -0.445 e. The number of nitrogens with two attached hydrogens (primary N) is 1. The van der Waals surface area contributed by atoms with Gasteiger partial charge in [0.25, 0.3) is 0 Å². The number of benzene rings is 2. The summed E-state index contributed by atoms with van der Waals surface area (Å²) in [5.41, 5.74) is 7.40. The van der Waals surface area contributed by atoms with Crippen LogP contribution in [-0.2, 0) is 16.1 Å². The first-order valence-corrected chi connectivity index (χ1v) is 9.89. The molecule has 0 saturated carbocycles. The van der Waals surface area contributed by atoms with Crippen LogP contribution >= 0.6 is 27.7 Å². The highest BCUT2D eigenvalue weighted by atomic mass is 79.9. The van der Waals surface area contributed by atoms with Crippen LogP contribution in [0.15, 0.2) is 57.9 Å². The molecule has 1 amide bonds. The van der Waals surface area contributed by atoms with E-state index in [-0.39, 0.29) is 11.7 Å². The van der Waals surface area contributed by atoms with Gasteiger partial charge in [0.05, 0.1) is 0 Å². The summed E-state index contributed by atoms with van der Waals surface area (Å²) in [4.78, 5) is 27.3. The molecule has 2 aromatic carbocycles. The number of hydrogen-bond donors (Lipinski definition) is 1. The van der Waals surface area contributed by atoms with Crippen molar-refractivity contribution < 1.29 is 14.3 Å². The van der Waals surface area contributed by atoms with Gasteiger partial charge >= 0.3 is 6.09 Å². The number of nitrogen functional groups attached to an aromatic ring is 1. The second-order valence-corrected chi connectivity index (χ2v) is 7.96. The lowest BCUT2D eigenvalue weighted by Crippen LogP contribution is -2.39. The van der Waals surface area contributed by atoms with E-state index in [1.54, 1.807) is 6.07 Å². The number of carbonyl (C=O) groups excluding carboxylic acids is 2. The number of likely N-dealkylation sites (tertiary alicyclic amines) is 1. The van der Waals surface area contributed by atoms with Crippen LogP contribution in [0.3, 0.4) is 0 Å². The van der Waals surface area contributed by atoms with Gasteiger partial charge in [-0.1, -0.05) is 46.3 Å². The van der Waals surface area contributed by atoms with Crippen molar-refractivity contribution in [2.24, 2.45) is 0 Å². The third kappa shape index (κ3) is 4.59. The SMILES string of the molecule is Nc1ccc(Br)cc1SC(=O)C1CCCN1C(=O)OCc1ccccc1. The Balaban J connectivity index is 1.62. The number of rotatable bonds is 4. The first kappa shape index (κ1) is 18.8. The third-order valence-corrected chi connectivity index (χ3v) is 5.69. The van der Waals surface area contributed by atoms with Crippen molar-refractivity contribution >= 4 is 44.6 Å². The van der Waals surface area contributed by atoms with Crippen molar-refractivity contribution in [3.63, 3.8) is 0 Å². The Hall–Kier alpha value is -1.99. The van der Waals surface area contributed by atoms with E-state index >= 15 is 0 Å². The molecule has 7 heteroatoms. The fourth-order valence-electron chi connectivity index (χ4n) is 2.81. The van der Waals surface area contributed by atoms with Gasteiger partial charge in [0.2, 0.25) is 5.12 Å². The lowest BCUT2D eigenvalue weighted by atomic mass is 10.2. The monoisotopic (exact) mass is 434 g/mol. The Morgan fingerprint density at radius 2 is 2.00 bits per heavy atom. The van der Waals surface area contributed by atoms with Crippen molar-refractivity contribution in [1.82, 2.24) is 4.90 Å². The highest BCUT2D eigenvalue weighted by Crippen LogP contribution is 2.32. The molecule has 0 radical (unpaired) electrons. The number of ether oxygens (including phenoxy) is 1. The van der Waals surface area contributed by atoms with Crippen molar-refractivity contribution in [1.29, 1.82) is 0 Å². The summed E-state index contributed by atoms with van der Waals surface area (Å²) >= 11 is 4.46. The van der Waals surface area contributed by atoms with E-state index in [1.165, 1.54) is 4.90 Å². The molecule has 2 N–H and O–H groups in total. The van der Waals surface area contributed by atoms with Crippen LogP contribution in [0.25, 0.3) is 0 Å². The minimum atomic E-state index is -0.485. The molecular weight excluding hydrogens is 416 g/mol.